The summed E-state index contributed by atoms with van der Waals surface area (Å²) in [7, 11) is 1.58. The molecule has 3 aromatic rings. The summed E-state index contributed by atoms with van der Waals surface area (Å²) in [6.07, 6.45) is 0. The van der Waals surface area contributed by atoms with E-state index in [0.717, 1.165) is 5.56 Å². The van der Waals surface area contributed by atoms with Gasteiger partial charge in [-0.2, -0.15) is 4.98 Å². The maximum atomic E-state index is 12.5. The van der Waals surface area contributed by atoms with E-state index in [9.17, 15) is 4.79 Å². The van der Waals surface area contributed by atoms with E-state index in [4.69, 9.17) is 25.6 Å². The molecule has 1 aromatic heterocycles. The number of hydrogen-bond acceptors (Lipinski definition) is 6. The smallest absolute Gasteiger partial charge is 0.260 e. The van der Waals surface area contributed by atoms with Gasteiger partial charge in [-0.05, 0) is 43.3 Å². The highest BCUT2D eigenvalue weighted by Gasteiger charge is 2.17. The maximum Gasteiger partial charge on any atom is 0.260 e. The topological polar surface area (TPSA) is 77.7 Å². The fraction of sp³-hybridized carbons (Fsp3) is 0.250. The van der Waals surface area contributed by atoms with Gasteiger partial charge in [0.1, 0.15) is 18.0 Å². The lowest BCUT2D eigenvalue weighted by atomic mass is 10.2. The largest absolute Gasteiger partial charge is 0.497 e. The zero-order chi connectivity index (χ0) is 19.9. The number of carbonyl (C=O) groups excluding carboxylic acids is 1. The minimum Gasteiger partial charge on any atom is -0.497 e. The number of aromatic nitrogens is 2. The molecule has 2 aromatic carbocycles. The first-order chi connectivity index (χ1) is 13.6. The minimum atomic E-state index is -0.184. The molecule has 0 unspecified atom stereocenters. The molecule has 0 aliphatic rings. The second-order valence-corrected chi connectivity index (χ2v) is 6.33. The Hall–Kier alpha value is -3.06. The van der Waals surface area contributed by atoms with E-state index < -0.39 is 0 Å². The highest BCUT2D eigenvalue weighted by Crippen LogP contribution is 2.20. The quantitative estimate of drug-likeness (QED) is 0.571. The van der Waals surface area contributed by atoms with E-state index in [1.54, 1.807) is 48.4 Å². The summed E-state index contributed by atoms with van der Waals surface area (Å²) in [4.78, 5) is 18.4. The van der Waals surface area contributed by atoms with Gasteiger partial charge in [0.2, 0.25) is 11.7 Å². The molecule has 0 N–H and O–H groups in total. The predicted octanol–water partition coefficient (Wildman–Crippen LogP) is 3.83. The van der Waals surface area contributed by atoms with Crippen LogP contribution in [0.3, 0.4) is 0 Å². The Balaban J connectivity index is 1.60. The molecule has 0 spiro atoms. The molecule has 0 saturated carbocycles. The molecule has 146 valence electrons. The summed E-state index contributed by atoms with van der Waals surface area (Å²) >= 11 is 5.89. The van der Waals surface area contributed by atoms with Gasteiger partial charge in [-0.3, -0.25) is 4.79 Å². The first kappa shape index (κ1) is 19.7. The Morgan fingerprint density at radius 3 is 2.64 bits per heavy atom. The van der Waals surface area contributed by atoms with Crippen molar-refractivity contribution in [3.63, 3.8) is 0 Å². The number of halogens is 1. The van der Waals surface area contributed by atoms with Gasteiger partial charge in [0, 0.05) is 23.2 Å². The van der Waals surface area contributed by atoms with Crippen molar-refractivity contribution < 1.29 is 18.8 Å². The van der Waals surface area contributed by atoms with Crippen LogP contribution in [0.4, 0.5) is 0 Å². The summed E-state index contributed by atoms with van der Waals surface area (Å²) in [5, 5.41) is 4.59. The average Bonchev–Trinajstić information content (AvgIpc) is 3.19. The molecule has 0 fully saturated rings. The Labute approximate surface area is 167 Å². The van der Waals surface area contributed by atoms with E-state index in [0.29, 0.717) is 34.8 Å². The highest BCUT2D eigenvalue weighted by molar-refractivity contribution is 6.30. The van der Waals surface area contributed by atoms with E-state index in [1.807, 2.05) is 19.1 Å². The molecule has 0 bridgehead atoms. The first-order valence-electron chi connectivity index (χ1n) is 8.72. The minimum absolute atomic E-state index is 0.0980. The molecule has 1 amide bonds. The van der Waals surface area contributed by atoms with Gasteiger partial charge in [-0.1, -0.05) is 22.8 Å². The van der Waals surface area contributed by atoms with E-state index in [2.05, 4.69) is 10.1 Å². The first-order valence-corrected chi connectivity index (χ1v) is 9.10. The Bertz CT molecular complexity index is 927. The van der Waals surface area contributed by atoms with Gasteiger partial charge >= 0.3 is 0 Å². The number of nitrogens with zero attached hydrogens (tertiary/aromatic N) is 3. The second kappa shape index (κ2) is 9.23. The number of methoxy groups -OCH3 is 1. The summed E-state index contributed by atoms with van der Waals surface area (Å²) in [5.74, 6) is 1.84. The SMILES string of the molecule is CCN(Cc1nc(-c2ccc(Cl)cc2)no1)C(=O)COc1cccc(OC)c1. The van der Waals surface area contributed by atoms with Crippen LogP contribution in [-0.2, 0) is 11.3 Å². The van der Waals surface area contributed by atoms with Gasteiger partial charge < -0.3 is 18.9 Å². The summed E-state index contributed by atoms with van der Waals surface area (Å²) in [6.45, 7) is 2.47. The molecule has 0 atom stereocenters. The fourth-order valence-corrected chi connectivity index (χ4v) is 2.63. The zero-order valence-corrected chi connectivity index (χ0v) is 16.3. The van der Waals surface area contributed by atoms with Crippen LogP contribution in [0.25, 0.3) is 11.4 Å². The number of ether oxygens (including phenoxy) is 2. The van der Waals surface area contributed by atoms with Crippen molar-refractivity contribution in [1.82, 2.24) is 15.0 Å². The van der Waals surface area contributed by atoms with Gasteiger partial charge in [0.15, 0.2) is 6.61 Å². The average molecular weight is 402 g/mol. The van der Waals surface area contributed by atoms with Crippen molar-refractivity contribution in [3.8, 4) is 22.9 Å². The third kappa shape index (κ3) is 5.01. The van der Waals surface area contributed by atoms with Crippen LogP contribution >= 0.6 is 11.6 Å². The Morgan fingerprint density at radius 2 is 1.93 bits per heavy atom. The second-order valence-electron chi connectivity index (χ2n) is 5.89. The van der Waals surface area contributed by atoms with Crippen LogP contribution in [0, 0.1) is 0 Å². The number of hydrogen-bond donors (Lipinski definition) is 0. The van der Waals surface area contributed by atoms with Crippen LogP contribution in [0.15, 0.2) is 53.1 Å². The van der Waals surface area contributed by atoms with Crippen LogP contribution < -0.4 is 9.47 Å². The molecule has 0 aliphatic carbocycles. The summed E-state index contributed by atoms with van der Waals surface area (Å²) < 4.78 is 16.0. The van der Waals surface area contributed by atoms with Crippen molar-refractivity contribution in [2.75, 3.05) is 20.3 Å². The molecule has 28 heavy (non-hydrogen) atoms. The van der Waals surface area contributed by atoms with Gasteiger partial charge in [0.05, 0.1) is 7.11 Å². The molecular weight excluding hydrogens is 382 g/mol. The standard InChI is InChI=1S/C20H20ClN3O4/c1-3-24(19(25)13-27-17-6-4-5-16(11-17)26-2)12-18-22-20(23-28-18)14-7-9-15(21)10-8-14/h4-11H,3,12-13H2,1-2H3. The predicted molar refractivity (Wildman–Crippen MR) is 104 cm³/mol. The number of likely N-dealkylation sites (N-methyl/N-ethyl adjacent to an activating group) is 1. The molecule has 1 heterocycles. The monoisotopic (exact) mass is 401 g/mol. The third-order valence-electron chi connectivity index (χ3n) is 4.03. The summed E-state index contributed by atoms with van der Waals surface area (Å²) in [5.41, 5.74) is 0.787. The number of benzene rings is 2. The van der Waals surface area contributed by atoms with Gasteiger partial charge in [-0.25, -0.2) is 0 Å². The van der Waals surface area contributed by atoms with Crippen LogP contribution in [0.1, 0.15) is 12.8 Å². The van der Waals surface area contributed by atoms with Crippen LogP contribution in [0.2, 0.25) is 5.02 Å². The molecule has 7 nitrogen and oxygen atoms in total. The lowest BCUT2D eigenvalue weighted by Crippen LogP contribution is -2.34. The van der Waals surface area contributed by atoms with Crippen molar-refractivity contribution in [3.05, 3.63) is 59.4 Å². The molecule has 0 aliphatic heterocycles. The molecule has 0 saturated heterocycles. The van der Waals surface area contributed by atoms with Gasteiger partial charge in [-0.15, -0.1) is 0 Å². The lowest BCUT2D eigenvalue weighted by molar-refractivity contribution is -0.134. The fourth-order valence-electron chi connectivity index (χ4n) is 2.50. The molecule has 0 radical (unpaired) electrons. The van der Waals surface area contributed by atoms with Gasteiger partial charge in [0.25, 0.3) is 5.91 Å². The number of rotatable bonds is 8. The highest BCUT2D eigenvalue weighted by atomic mass is 35.5. The normalized spacial score (nSPS) is 10.5. The van der Waals surface area contributed by atoms with Crippen molar-refractivity contribution in [1.29, 1.82) is 0 Å². The molecule has 3 rings (SSSR count). The third-order valence-corrected chi connectivity index (χ3v) is 4.29. The van der Waals surface area contributed by atoms with Crippen LogP contribution in [0.5, 0.6) is 11.5 Å². The van der Waals surface area contributed by atoms with E-state index in [1.165, 1.54) is 0 Å². The summed E-state index contributed by atoms with van der Waals surface area (Å²) in [6, 6.07) is 14.2. The van der Waals surface area contributed by atoms with Crippen molar-refractivity contribution in [2.24, 2.45) is 0 Å². The van der Waals surface area contributed by atoms with Crippen molar-refractivity contribution >= 4 is 17.5 Å². The number of carbonyl (C=O) groups is 1. The Morgan fingerprint density at radius 1 is 1.18 bits per heavy atom. The maximum absolute atomic E-state index is 12.5. The number of amides is 1. The van der Waals surface area contributed by atoms with E-state index >= 15 is 0 Å². The van der Waals surface area contributed by atoms with Crippen molar-refractivity contribution in [2.45, 2.75) is 13.5 Å². The Kier molecular flexibility index (Phi) is 6.49. The van der Waals surface area contributed by atoms with Crippen LogP contribution in [-0.4, -0.2) is 41.2 Å². The lowest BCUT2D eigenvalue weighted by Gasteiger charge is -2.19. The molecule has 8 heteroatoms. The zero-order valence-electron chi connectivity index (χ0n) is 15.6. The molecular formula is C20H20ClN3O4. The van der Waals surface area contributed by atoms with E-state index in [-0.39, 0.29) is 19.1 Å².